The molecule has 2 aromatic carbocycles. The molecule has 30 heavy (non-hydrogen) atoms. The minimum absolute atomic E-state index is 0.0898. The van der Waals surface area contributed by atoms with Crippen LogP contribution in [0.25, 0.3) is 22.2 Å². The Labute approximate surface area is 170 Å². The molecule has 0 spiro atoms. The SMILES string of the molecule is C[C@@H](CO)NC(=O)OC1CC(c2c(-c3ccc(F)cc3)[nH]c3c(F)cc(F)cc23)C1. The largest absolute Gasteiger partial charge is 0.446 e. The molecule has 8 heteroatoms. The maximum Gasteiger partial charge on any atom is 0.407 e. The third-order valence-corrected chi connectivity index (χ3v) is 5.41. The van der Waals surface area contributed by atoms with Gasteiger partial charge in [0.15, 0.2) is 0 Å². The number of ether oxygens (including phenoxy) is 1. The molecule has 3 N–H and O–H groups in total. The molecule has 1 aliphatic rings. The highest BCUT2D eigenvalue weighted by Gasteiger charge is 2.37. The van der Waals surface area contributed by atoms with Gasteiger partial charge < -0.3 is 20.1 Å². The predicted molar refractivity (Wildman–Crippen MR) is 106 cm³/mol. The van der Waals surface area contributed by atoms with Crippen molar-refractivity contribution >= 4 is 17.0 Å². The van der Waals surface area contributed by atoms with Gasteiger partial charge in [0.05, 0.1) is 23.9 Å². The van der Waals surface area contributed by atoms with Gasteiger partial charge in [-0.05, 0) is 67.1 Å². The number of H-pyrrole nitrogens is 1. The lowest BCUT2D eigenvalue weighted by Gasteiger charge is -2.35. The molecule has 0 unspecified atom stereocenters. The highest BCUT2D eigenvalue weighted by molar-refractivity contribution is 5.92. The van der Waals surface area contributed by atoms with E-state index in [4.69, 9.17) is 9.84 Å². The zero-order valence-electron chi connectivity index (χ0n) is 16.2. The summed E-state index contributed by atoms with van der Waals surface area (Å²) in [7, 11) is 0. The van der Waals surface area contributed by atoms with Crippen molar-refractivity contribution in [2.45, 2.75) is 37.8 Å². The molecule has 4 rings (SSSR count). The molecule has 0 saturated heterocycles. The molecule has 0 radical (unpaired) electrons. The van der Waals surface area contributed by atoms with E-state index in [1.165, 1.54) is 18.2 Å². The van der Waals surface area contributed by atoms with Crippen LogP contribution in [0.15, 0.2) is 36.4 Å². The van der Waals surface area contributed by atoms with Crippen LogP contribution in [-0.2, 0) is 4.74 Å². The number of fused-ring (bicyclic) bond motifs is 1. The standard InChI is InChI=1S/C22H21F3N2O3/c1-11(10-28)26-22(29)30-16-6-13(7-16)19-17-8-15(24)9-18(25)21(17)27-20(19)12-2-4-14(23)5-3-12/h2-5,8-9,11,13,16,27-28H,6-7,10H2,1H3,(H,26,29)/t11-,13?,16?/m0/s1. The number of carbonyl (C=O) groups excluding carboxylic acids is 1. The molecule has 1 heterocycles. The molecule has 1 aromatic heterocycles. The van der Waals surface area contributed by atoms with Crippen LogP contribution in [0.2, 0.25) is 0 Å². The van der Waals surface area contributed by atoms with Gasteiger partial charge >= 0.3 is 6.09 Å². The minimum Gasteiger partial charge on any atom is -0.446 e. The Morgan fingerprint density at radius 3 is 2.57 bits per heavy atom. The van der Waals surface area contributed by atoms with Gasteiger partial charge in [0, 0.05) is 11.5 Å². The number of hydrogen-bond donors (Lipinski definition) is 3. The summed E-state index contributed by atoms with van der Waals surface area (Å²) in [6.45, 7) is 1.45. The van der Waals surface area contributed by atoms with Crippen LogP contribution in [0.3, 0.4) is 0 Å². The Hall–Kier alpha value is -3.00. The Bertz CT molecular complexity index is 1080. The molecule has 3 aromatic rings. The van der Waals surface area contributed by atoms with E-state index in [1.54, 1.807) is 19.1 Å². The maximum absolute atomic E-state index is 14.4. The number of nitrogens with one attached hydrogen (secondary N) is 2. The molecular weight excluding hydrogens is 397 g/mol. The van der Waals surface area contributed by atoms with Crippen molar-refractivity contribution in [3.63, 3.8) is 0 Å². The number of alkyl carbamates (subject to hydrolysis) is 1. The van der Waals surface area contributed by atoms with Gasteiger partial charge in [-0.15, -0.1) is 0 Å². The Balaban J connectivity index is 1.63. The number of aromatic nitrogens is 1. The number of aromatic amines is 1. The first-order valence-corrected chi connectivity index (χ1v) is 9.70. The fourth-order valence-corrected chi connectivity index (χ4v) is 3.84. The van der Waals surface area contributed by atoms with Crippen molar-refractivity contribution in [3.05, 3.63) is 59.4 Å². The molecule has 1 saturated carbocycles. The Kier molecular flexibility index (Phi) is 5.42. The highest BCUT2D eigenvalue weighted by Crippen LogP contribution is 2.46. The highest BCUT2D eigenvalue weighted by atomic mass is 19.1. The minimum atomic E-state index is -0.705. The van der Waals surface area contributed by atoms with Gasteiger partial charge in [-0.2, -0.15) is 0 Å². The topological polar surface area (TPSA) is 74.3 Å². The zero-order valence-corrected chi connectivity index (χ0v) is 16.2. The number of aliphatic hydroxyl groups excluding tert-OH is 1. The average molecular weight is 418 g/mol. The molecule has 1 atom stereocenters. The van der Waals surface area contributed by atoms with Gasteiger partial charge in [0.25, 0.3) is 0 Å². The summed E-state index contributed by atoms with van der Waals surface area (Å²) in [6, 6.07) is 7.44. The van der Waals surface area contributed by atoms with Crippen molar-refractivity contribution in [3.8, 4) is 11.3 Å². The summed E-state index contributed by atoms with van der Waals surface area (Å²) in [5.41, 5.74) is 2.15. The lowest BCUT2D eigenvalue weighted by atomic mass is 9.75. The van der Waals surface area contributed by atoms with Crippen molar-refractivity contribution in [1.29, 1.82) is 0 Å². The number of rotatable bonds is 5. The fraction of sp³-hybridized carbons (Fsp3) is 0.318. The summed E-state index contributed by atoms with van der Waals surface area (Å²) < 4.78 is 47.0. The van der Waals surface area contributed by atoms with Crippen LogP contribution in [0.5, 0.6) is 0 Å². The first-order valence-electron chi connectivity index (χ1n) is 9.70. The summed E-state index contributed by atoms with van der Waals surface area (Å²) in [4.78, 5) is 14.9. The monoisotopic (exact) mass is 418 g/mol. The van der Waals surface area contributed by atoms with Gasteiger partial charge in [0.2, 0.25) is 0 Å². The molecule has 1 fully saturated rings. The van der Waals surface area contributed by atoms with Crippen LogP contribution >= 0.6 is 0 Å². The van der Waals surface area contributed by atoms with E-state index in [9.17, 15) is 18.0 Å². The second kappa shape index (κ2) is 8.02. The number of amides is 1. The molecule has 1 amide bonds. The number of hydrogen-bond acceptors (Lipinski definition) is 3. The van der Waals surface area contributed by atoms with Crippen molar-refractivity contribution < 1.29 is 27.8 Å². The lowest BCUT2D eigenvalue weighted by molar-refractivity contribution is 0.0370. The van der Waals surface area contributed by atoms with Gasteiger partial charge in [0.1, 0.15) is 23.6 Å². The van der Waals surface area contributed by atoms with Crippen LogP contribution in [0.1, 0.15) is 31.2 Å². The number of aliphatic hydroxyl groups is 1. The van der Waals surface area contributed by atoms with E-state index in [1.807, 2.05) is 0 Å². The van der Waals surface area contributed by atoms with Crippen molar-refractivity contribution in [2.24, 2.45) is 0 Å². The lowest BCUT2D eigenvalue weighted by Crippen LogP contribution is -2.40. The second-order valence-electron chi connectivity index (χ2n) is 7.65. The number of halogens is 3. The Morgan fingerprint density at radius 1 is 1.20 bits per heavy atom. The van der Waals surface area contributed by atoms with Crippen molar-refractivity contribution in [2.75, 3.05) is 6.61 Å². The average Bonchev–Trinajstić information content (AvgIpc) is 3.04. The summed E-state index contributed by atoms with van der Waals surface area (Å²) in [5, 5.41) is 11.9. The van der Waals surface area contributed by atoms with E-state index in [0.717, 1.165) is 11.6 Å². The van der Waals surface area contributed by atoms with Gasteiger partial charge in [-0.3, -0.25) is 0 Å². The Morgan fingerprint density at radius 2 is 1.90 bits per heavy atom. The quantitative estimate of drug-likeness (QED) is 0.567. The fourth-order valence-electron chi connectivity index (χ4n) is 3.84. The first-order chi connectivity index (χ1) is 14.4. The van der Waals surface area contributed by atoms with E-state index >= 15 is 0 Å². The molecule has 0 aliphatic heterocycles. The van der Waals surface area contributed by atoms with E-state index in [2.05, 4.69) is 10.3 Å². The number of benzene rings is 2. The van der Waals surface area contributed by atoms with Crippen LogP contribution < -0.4 is 5.32 Å². The summed E-state index contributed by atoms with van der Waals surface area (Å²) in [6.07, 6.45) is 0.0144. The second-order valence-corrected chi connectivity index (χ2v) is 7.65. The molecule has 158 valence electrons. The first kappa shape index (κ1) is 20.3. The summed E-state index contributed by atoms with van der Waals surface area (Å²) in [5.74, 6) is -1.87. The third-order valence-electron chi connectivity index (χ3n) is 5.41. The van der Waals surface area contributed by atoms with Crippen LogP contribution in [-0.4, -0.2) is 34.9 Å². The molecule has 5 nitrogen and oxygen atoms in total. The summed E-state index contributed by atoms with van der Waals surface area (Å²) >= 11 is 0. The maximum atomic E-state index is 14.4. The number of carbonyl (C=O) groups is 1. The molecular formula is C22H21F3N2O3. The normalized spacial score (nSPS) is 19.4. The van der Waals surface area contributed by atoms with Crippen LogP contribution in [0.4, 0.5) is 18.0 Å². The van der Waals surface area contributed by atoms with Crippen molar-refractivity contribution in [1.82, 2.24) is 10.3 Å². The van der Waals surface area contributed by atoms with Gasteiger partial charge in [-0.1, -0.05) is 0 Å². The van der Waals surface area contributed by atoms with E-state index in [-0.39, 0.29) is 24.1 Å². The third kappa shape index (κ3) is 3.87. The van der Waals surface area contributed by atoms with E-state index in [0.29, 0.717) is 29.5 Å². The molecule has 1 aliphatic carbocycles. The zero-order chi connectivity index (χ0) is 21.4. The molecule has 0 bridgehead atoms. The van der Waals surface area contributed by atoms with Crippen LogP contribution in [0, 0.1) is 17.5 Å². The van der Waals surface area contributed by atoms with E-state index < -0.39 is 29.6 Å². The predicted octanol–water partition coefficient (Wildman–Crippen LogP) is 4.61. The van der Waals surface area contributed by atoms with Gasteiger partial charge in [-0.25, -0.2) is 18.0 Å². The smallest absolute Gasteiger partial charge is 0.407 e.